The average molecular weight is 987 g/mol. The standard InChI is InChI=1S/C58H115NO10/c1-3-5-7-9-11-13-15-17-19-21-23-25-27-29-31-33-35-37-39-41-43-45-50(61)53(63)49(48-68-58-56(66)55(65)54(64)52(47-60)69-58)59-57(67)51(62)46-44-42-40-38-36-34-32-30-28-26-24-22-20-18-16-14-12-10-8-6-4-2/h49-56,58,60-66H,3-48H2,1-2H3,(H,59,67). The molecule has 0 saturated carbocycles. The molecule has 0 aromatic rings. The van der Waals surface area contributed by atoms with Crippen LogP contribution in [0.5, 0.6) is 0 Å². The Kier molecular flexibility index (Phi) is 46.1. The Labute approximate surface area is 424 Å². The Morgan fingerprint density at radius 2 is 0.754 bits per heavy atom. The zero-order chi connectivity index (χ0) is 50.4. The number of hydrogen-bond acceptors (Lipinski definition) is 10. The van der Waals surface area contributed by atoms with Crippen LogP contribution in [-0.2, 0) is 14.3 Å². The summed E-state index contributed by atoms with van der Waals surface area (Å²) >= 11 is 0. The lowest BCUT2D eigenvalue weighted by atomic mass is 9.98. The molecule has 1 amide bonds. The second-order valence-electron chi connectivity index (χ2n) is 21.4. The number of ether oxygens (including phenoxy) is 2. The zero-order valence-corrected chi connectivity index (χ0v) is 45.1. The fourth-order valence-electron chi connectivity index (χ4n) is 10.0. The van der Waals surface area contributed by atoms with Gasteiger partial charge >= 0.3 is 0 Å². The summed E-state index contributed by atoms with van der Waals surface area (Å²) in [5, 5.41) is 76.2. The zero-order valence-electron chi connectivity index (χ0n) is 45.1. The first-order valence-electron chi connectivity index (χ1n) is 29.9. The smallest absolute Gasteiger partial charge is 0.249 e. The van der Waals surface area contributed by atoms with Crippen LogP contribution >= 0.6 is 0 Å². The van der Waals surface area contributed by atoms with Crippen LogP contribution in [0.4, 0.5) is 0 Å². The lowest BCUT2D eigenvalue weighted by Crippen LogP contribution is -2.60. The summed E-state index contributed by atoms with van der Waals surface area (Å²) in [7, 11) is 0. The molecule has 69 heavy (non-hydrogen) atoms. The third-order valence-electron chi connectivity index (χ3n) is 14.9. The Morgan fingerprint density at radius 3 is 1.07 bits per heavy atom. The normalized spacial score (nSPS) is 20.3. The summed E-state index contributed by atoms with van der Waals surface area (Å²) in [6.07, 6.45) is 42.9. The second kappa shape index (κ2) is 48.1. The molecule has 412 valence electrons. The molecule has 1 heterocycles. The van der Waals surface area contributed by atoms with Crippen molar-refractivity contribution in [2.24, 2.45) is 0 Å². The molecule has 1 fully saturated rings. The lowest BCUT2D eigenvalue weighted by Gasteiger charge is -2.40. The van der Waals surface area contributed by atoms with E-state index in [9.17, 15) is 40.5 Å². The molecule has 0 aliphatic carbocycles. The van der Waals surface area contributed by atoms with Gasteiger partial charge in [0.05, 0.1) is 25.4 Å². The first kappa shape index (κ1) is 66.1. The van der Waals surface area contributed by atoms with Gasteiger partial charge in [0, 0.05) is 0 Å². The number of carbonyl (C=O) groups is 1. The molecule has 1 rings (SSSR count). The summed E-state index contributed by atoms with van der Waals surface area (Å²) in [4.78, 5) is 13.2. The van der Waals surface area contributed by atoms with Crippen LogP contribution in [0.3, 0.4) is 0 Å². The van der Waals surface area contributed by atoms with Crippen molar-refractivity contribution < 1.29 is 50.0 Å². The molecule has 0 spiro atoms. The number of carbonyl (C=O) groups excluding carboxylic acids is 1. The lowest BCUT2D eigenvalue weighted by molar-refractivity contribution is -0.303. The van der Waals surface area contributed by atoms with Gasteiger partial charge in [-0.15, -0.1) is 0 Å². The average Bonchev–Trinajstić information content (AvgIpc) is 3.35. The highest BCUT2D eigenvalue weighted by atomic mass is 16.7. The summed E-state index contributed by atoms with van der Waals surface area (Å²) in [6.45, 7) is 3.50. The molecule has 11 heteroatoms. The third-order valence-corrected chi connectivity index (χ3v) is 14.9. The Morgan fingerprint density at radius 1 is 0.449 bits per heavy atom. The van der Waals surface area contributed by atoms with Crippen molar-refractivity contribution in [3.8, 4) is 0 Å². The van der Waals surface area contributed by atoms with Gasteiger partial charge in [-0.05, 0) is 12.8 Å². The number of hydrogen-bond donors (Lipinski definition) is 8. The molecule has 9 unspecified atom stereocenters. The van der Waals surface area contributed by atoms with Crippen molar-refractivity contribution in [2.45, 2.75) is 351 Å². The van der Waals surface area contributed by atoms with E-state index in [2.05, 4.69) is 19.2 Å². The number of amides is 1. The van der Waals surface area contributed by atoms with Crippen molar-refractivity contribution in [3.05, 3.63) is 0 Å². The quantitative estimate of drug-likeness (QED) is 0.0272. The predicted octanol–water partition coefficient (Wildman–Crippen LogP) is 12.6. The van der Waals surface area contributed by atoms with Crippen molar-refractivity contribution in [1.29, 1.82) is 0 Å². The van der Waals surface area contributed by atoms with Gasteiger partial charge in [0.1, 0.15) is 36.6 Å². The Bertz CT molecular complexity index is 1090. The van der Waals surface area contributed by atoms with Crippen LogP contribution in [0.2, 0.25) is 0 Å². The van der Waals surface area contributed by atoms with Crippen LogP contribution < -0.4 is 5.32 Å². The van der Waals surface area contributed by atoms with Crippen LogP contribution in [0.1, 0.15) is 296 Å². The SMILES string of the molecule is CCCCCCCCCCCCCCCCCCCCCCCC(O)C(=O)NC(COC1OC(CO)C(O)C(O)C1O)C(O)C(O)CCCCCCCCCCCCCCCCCCCCCCC. The van der Waals surface area contributed by atoms with E-state index >= 15 is 0 Å². The van der Waals surface area contributed by atoms with Crippen molar-refractivity contribution >= 4 is 5.91 Å². The molecule has 0 aromatic carbocycles. The minimum absolute atomic E-state index is 0.267. The molecule has 8 N–H and O–H groups in total. The van der Waals surface area contributed by atoms with Gasteiger partial charge in [-0.1, -0.05) is 284 Å². The first-order valence-corrected chi connectivity index (χ1v) is 29.9. The largest absolute Gasteiger partial charge is 0.394 e. The molecule has 1 saturated heterocycles. The number of unbranched alkanes of at least 4 members (excludes halogenated alkanes) is 40. The van der Waals surface area contributed by atoms with E-state index in [-0.39, 0.29) is 6.42 Å². The molecular formula is C58H115NO10. The summed E-state index contributed by atoms with van der Waals surface area (Å²) in [6, 6.07) is -1.16. The van der Waals surface area contributed by atoms with Gasteiger partial charge in [-0.2, -0.15) is 0 Å². The highest BCUT2D eigenvalue weighted by molar-refractivity contribution is 5.80. The number of aliphatic hydroxyl groups excluding tert-OH is 7. The molecule has 0 bridgehead atoms. The summed E-state index contributed by atoms with van der Waals surface area (Å²) in [5.41, 5.74) is 0. The Balaban J connectivity index is 2.29. The van der Waals surface area contributed by atoms with Crippen molar-refractivity contribution in [3.63, 3.8) is 0 Å². The molecule has 1 aliphatic heterocycles. The fraction of sp³-hybridized carbons (Fsp3) is 0.983. The highest BCUT2D eigenvalue weighted by Crippen LogP contribution is 2.24. The predicted molar refractivity (Wildman–Crippen MR) is 284 cm³/mol. The minimum atomic E-state index is -1.66. The highest BCUT2D eigenvalue weighted by Gasteiger charge is 2.44. The molecule has 11 nitrogen and oxygen atoms in total. The van der Waals surface area contributed by atoms with E-state index in [0.717, 1.165) is 38.5 Å². The molecule has 1 aliphatic rings. The summed E-state index contributed by atoms with van der Waals surface area (Å²) < 4.78 is 11.2. The van der Waals surface area contributed by atoms with Crippen molar-refractivity contribution in [1.82, 2.24) is 5.32 Å². The number of rotatable bonds is 52. The molecule has 9 atom stereocenters. The van der Waals surface area contributed by atoms with E-state index < -0.39 is 74.2 Å². The third kappa shape index (κ3) is 36.6. The minimum Gasteiger partial charge on any atom is -0.394 e. The Hall–Kier alpha value is -0.890. The van der Waals surface area contributed by atoms with Crippen molar-refractivity contribution in [2.75, 3.05) is 13.2 Å². The molecule has 0 radical (unpaired) electrons. The van der Waals surface area contributed by atoms with E-state index in [1.54, 1.807) is 0 Å². The maximum atomic E-state index is 13.2. The number of aliphatic hydroxyl groups is 7. The fourth-order valence-corrected chi connectivity index (χ4v) is 10.0. The van der Waals surface area contributed by atoms with Crippen LogP contribution in [0.15, 0.2) is 0 Å². The van der Waals surface area contributed by atoms with Crippen LogP contribution in [0.25, 0.3) is 0 Å². The number of nitrogens with one attached hydrogen (secondary N) is 1. The second-order valence-corrected chi connectivity index (χ2v) is 21.4. The van der Waals surface area contributed by atoms with E-state index in [1.165, 1.54) is 218 Å². The molecule has 0 aromatic heterocycles. The maximum absolute atomic E-state index is 13.2. The van der Waals surface area contributed by atoms with E-state index in [1.807, 2.05) is 0 Å². The first-order chi connectivity index (χ1) is 33.7. The molecular weight excluding hydrogens is 871 g/mol. The van der Waals surface area contributed by atoms with E-state index in [4.69, 9.17) is 9.47 Å². The maximum Gasteiger partial charge on any atom is 0.249 e. The van der Waals surface area contributed by atoms with Gasteiger partial charge < -0.3 is 50.5 Å². The summed E-state index contributed by atoms with van der Waals surface area (Å²) in [5.74, 6) is -0.689. The monoisotopic (exact) mass is 986 g/mol. The van der Waals surface area contributed by atoms with Gasteiger partial charge in [0.15, 0.2) is 6.29 Å². The van der Waals surface area contributed by atoms with Gasteiger partial charge in [-0.3, -0.25) is 4.79 Å². The van der Waals surface area contributed by atoms with E-state index in [0.29, 0.717) is 19.3 Å². The van der Waals surface area contributed by atoms with Gasteiger partial charge in [0.25, 0.3) is 0 Å². The topological polar surface area (TPSA) is 189 Å². The van der Waals surface area contributed by atoms with Crippen LogP contribution in [0, 0.1) is 0 Å². The van der Waals surface area contributed by atoms with Gasteiger partial charge in [-0.25, -0.2) is 0 Å². The van der Waals surface area contributed by atoms with Crippen LogP contribution in [-0.4, -0.2) is 110 Å². The van der Waals surface area contributed by atoms with Gasteiger partial charge in [0.2, 0.25) is 5.91 Å².